The van der Waals surface area contributed by atoms with Gasteiger partial charge in [-0.15, -0.1) is 0 Å². The van der Waals surface area contributed by atoms with Crippen molar-refractivity contribution in [2.45, 2.75) is 45.3 Å². The summed E-state index contributed by atoms with van der Waals surface area (Å²) in [5.41, 5.74) is 4.97. The molecule has 0 aliphatic carbocycles. The van der Waals surface area contributed by atoms with Crippen LogP contribution >= 0.6 is 0 Å². The first-order chi connectivity index (χ1) is 8.24. The summed E-state index contributed by atoms with van der Waals surface area (Å²) in [7, 11) is 0. The van der Waals surface area contributed by atoms with E-state index < -0.39 is 17.8 Å². The molecule has 0 aromatic carbocycles. The maximum absolute atomic E-state index is 11.5. The molecule has 0 aromatic rings. The fourth-order valence-corrected chi connectivity index (χ4v) is 1.27. The first-order valence-corrected chi connectivity index (χ1v) is 5.91. The van der Waals surface area contributed by atoms with Gasteiger partial charge in [0.25, 0.3) is 0 Å². The summed E-state index contributed by atoms with van der Waals surface area (Å²) in [4.78, 5) is 21.7. The van der Waals surface area contributed by atoms with E-state index in [1.54, 1.807) is 20.8 Å². The second kappa shape index (κ2) is 7.75. The molecule has 0 radical (unpaired) electrons. The van der Waals surface area contributed by atoms with Gasteiger partial charge in [-0.1, -0.05) is 0 Å². The largest absolute Gasteiger partial charge is 0.465 e. The maximum atomic E-state index is 11.5. The summed E-state index contributed by atoms with van der Waals surface area (Å²) < 4.78 is 5.10. The number of rotatable bonds is 6. The molecule has 0 rings (SSSR count). The number of nitrogens with one attached hydrogen (secondary N) is 2. The molecule has 0 aromatic heterocycles. The van der Waals surface area contributed by atoms with Gasteiger partial charge in [-0.3, -0.25) is 0 Å². The number of hydrogen-bond donors (Lipinski definition) is 4. The van der Waals surface area contributed by atoms with Crippen molar-refractivity contribution >= 4 is 12.2 Å². The molecule has 0 bridgehead atoms. The van der Waals surface area contributed by atoms with Crippen LogP contribution in [0, 0.1) is 0 Å². The molecule has 0 spiro atoms. The summed E-state index contributed by atoms with van der Waals surface area (Å²) in [6.45, 7) is 5.95. The zero-order chi connectivity index (χ0) is 14.2. The predicted molar refractivity (Wildman–Crippen MR) is 67.5 cm³/mol. The van der Waals surface area contributed by atoms with Crippen molar-refractivity contribution < 1.29 is 19.4 Å². The predicted octanol–water partition coefficient (Wildman–Crippen LogP) is 0.886. The Balaban J connectivity index is 3.89. The third-order valence-corrected chi connectivity index (χ3v) is 2.01. The summed E-state index contributed by atoms with van der Waals surface area (Å²) in [6.07, 6.45) is -0.372. The Morgan fingerprint density at radius 2 is 2.00 bits per heavy atom. The molecular weight excluding hydrogens is 238 g/mol. The van der Waals surface area contributed by atoms with Crippen LogP contribution in [0.5, 0.6) is 0 Å². The molecule has 0 aliphatic rings. The molecule has 2 amide bonds. The monoisotopic (exact) mass is 261 g/mol. The highest BCUT2D eigenvalue weighted by Gasteiger charge is 2.18. The van der Waals surface area contributed by atoms with E-state index in [-0.39, 0.29) is 12.6 Å². The minimum absolute atomic E-state index is 0.213. The standard InChI is InChI=1S/C11H23N3O4/c1-11(2,3)18-10(17)14-8(7-12)5-4-6-13-9(15)16/h8,13H,4-7,12H2,1-3H3,(H,14,17)(H,15,16)/t8-/m0/s1. The first-order valence-electron chi connectivity index (χ1n) is 5.91. The van der Waals surface area contributed by atoms with Gasteiger partial charge in [0.15, 0.2) is 0 Å². The van der Waals surface area contributed by atoms with Crippen LogP contribution in [0.1, 0.15) is 33.6 Å². The molecule has 0 saturated carbocycles. The van der Waals surface area contributed by atoms with Gasteiger partial charge in [0.1, 0.15) is 5.60 Å². The van der Waals surface area contributed by atoms with Crippen molar-refractivity contribution in [1.82, 2.24) is 10.6 Å². The number of carbonyl (C=O) groups excluding carboxylic acids is 1. The SMILES string of the molecule is CC(C)(C)OC(=O)N[C@H](CN)CCCNC(=O)O. The molecule has 106 valence electrons. The maximum Gasteiger partial charge on any atom is 0.407 e. The number of alkyl carbamates (subject to hydrolysis) is 1. The molecule has 7 heteroatoms. The lowest BCUT2D eigenvalue weighted by atomic mass is 10.1. The second-order valence-electron chi connectivity index (χ2n) is 4.95. The zero-order valence-electron chi connectivity index (χ0n) is 11.2. The normalized spacial score (nSPS) is 12.7. The van der Waals surface area contributed by atoms with Crippen molar-refractivity contribution in [2.24, 2.45) is 5.73 Å². The van der Waals surface area contributed by atoms with Gasteiger partial charge in [0.2, 0.25) is 0 Å². The molecule has 18 heavy (non-hydrogen) atoms. The Morgan fingerprint density at radius 3 is 2.44 bits per heavy atom. The third kappa shape index (κ3) is 9.71. The Kier molecular flexibility index (Phi) is 7.11. The van der Waals surface area contributed by atoms with Crippen LogP contribution in [0.3, 0.4) is 0 Å². The fraction of sp³-hybridized carbons (Fsp3) is 0.818. The Morgan fingerprint density at radius 1 is 1.39 bits per heavy atom. The highest BCUT2D eigenvalue weighted by Crippen LogP contribution is 2.07. The van der Waals surface area contributed by atoms with E-state index in [1.807, 2.05) is 0 Å². The van der Waals surface area contributed by atoms with E-state index in [4.69, 9.17) is 15.6 Å². The van der Waals surface area contributed by atoms with Crippen LogP contribution in [0.25, 0.3) is 0 Å². The highest BCUT2D eigenvalue weighted by atomic mass is 16.6. The molecule has 0 heterocycles. The molecular formula is C11H23N3O4. The van der Waals surface area contributed by atoms with E-state index in [0.29, 0.717) is 19.4 Å². The molecule has 1 atom stereocenters. The third-order valence-electron chi connectivity index (χ3n) is 2.01. The Labute approximate surface area is 107 Å². The van der Waals surface area contributed by atoms with Crippen LogP contribution in [-0.2, 0) is 4.74 Å². The van der Waals surface area contributed by atoms with Crippen molar-refractivity contribution in [3.8, 4) is 0 Å². The van der Waals surface area contributed by atoms with Gasteiger partial charge in [0, 0.05) is 19.1 Å². The quantitative estimate of drug-likeness (QED) is 0.530. The van der Waals surface area contributed by atoms with Crippen LogP contribution in [0.2, 0.25) is 0 Å². The first kappa shape index (κ1) is 16.5. The second-order valence-corrected chi connectivity index (χ2v) is 4.95. The van der Waals surface area contributed by atoms with Gasteiger partial charge >= 0.3 is 12.2 Å². The van der Waals surface area contributed by atoms with E-state index in [9.17, 15) is 9.59 Å². The van der Waals surface area contributed by atoms with Crippen molar-refractivity contribution in [2.75, 3.05) is 13.1 Å². The van der Waals surface area contributed by atoms with Crippen molar-refractivity contribution in [3.05, 3.63) is 0 Å². The van der Waals surface area contributed by atoms with E-state index in [0.717, 1.165) is 0 Å². The average Bonchev–Trinajstić information content (AvgIpc) is 2.19. The van der Waals surface area contributed by atoms with Gasteiger partial charge in [-0.2, -0.15) is 0 Å². The highest BCUT2D eigenvalue weighted by molar-refractivity contribution is 5.68. The number of carbonyl (C=O) groups is 2. The molecule has 0 saturated heterocycles. The van der Waals surface area contributed by atoms with Crippen LogP contribution in [0.15, 0.2) is 0 Å². The lowest BCUT2D eigenvalue weighted by Gasteiger charge is -2.23. The number of hydrogen-bond acceptors (Lipinski definition) is 4. The molecule has 0 aliphatic heterocycles. The van der Waals surface area contributed by atoms with Crippen LogP contribution in [-0.4, -0.2) is 42.0 Å². The zero-order valence-corrected chi connectivity index (χ0v) is 11.2. The Hall–Kier alpha value is -1.50. The number of ether oxygens (including phenoxy) is 1. The molecule has 0 fully saturated rings. The van der Waals surface area contributed by atoms with E-state index >= 15 is 0 Å². The summed E-state index contributed by atoms with van der Waals surface area (Å²) in [5.74, 6) is 0. The van der Waals surface area contributed by atoms with Gasteiger partial charge in [-0.05, 0) is 33.6 Å². The lowest BCUT2D eigenvalue weighted by Crippen LogP contribution is -2.43. The van der Waals surface area contributed by atoms with Crippen LogP contribution in [0.4, 0.5) is 9.59 Å². The summed E-state index contributed by atoms with van der Waals surface area (Å²) in [5, 5.41) is 13.3. The summed E-state index contributed by atoms with van der Waals surface area (Å²) >= 11 is 0. The van der Waals surface area contributed by atoms with E-state index in [2.05, 4.69) is 10.6 Å². The number of carboxylic acid groups (broad SMARTS) is 1. The van der Waals surface area contributed by atoms with Crippen molar-refractivity contribution in [3.63, 3.8) is 0 Å². The Bertz CT molecular complexity index is 276. The van der Waals surface area contributed by atoms with E-state index in [1.165, 1.54) is 0 Å². The molecule has 0 unspecified atom stereocenters. The van der Waals surface area contributed by atoms with Gasteiger partial charge < -0.3 is 26.2 Å². The van der Waals surface area contributed by atoms with Gasteiger partial charge in [-0.25, -0.2) is 9.59 Å². The lowest BCUT2D eigenvalue weighted by molar-refractivity contribution is 0.0503. The van der Waals surface area contributed by atoms with Crippen molar-refractivity contribution in [1.29, 1.82) is 0 Å². The number of nitrogens with two attached hydrogens (primary N) is 1. The topological polar surface area (TPSA) is 114 Å². The minimum atomic E-state index is -1.06. The molecule has 5 N–H and O–H groups in total. The van der Waals surface area contributed by atoms with Gasteiger partial charge in [0.05, 0.1) is 0 Å². The molecule has 7 nitrogen and oxygen atoms in total. The number of amides is 2. The fourth-order valence-electron chi connectivity index (χ4n) is 1.27. The summed E-state index contributed by atoms with van der Waals surface area (Å²) in [6, 6.07) is -0.213. The smallest absolute Gasteiger partial charge is 0.407 e. The van der Waals surface area contributed by atoms with Crippen LogP contribution < -0.4 is 16.4 Å². The average molecular weight is 261 g/mol. The minimum Gasteiger partial charge on any atom is -0.465 e.